The van der Waals surface area contributed by atoms with E-state index in [0.29, 0.717) is 16.0 Å². The molecule has 0 amide bonds. The van der Waals surface area contributed by atoms with Crippen molar-refractivity contribution in [3.05, 3.63) is 53.1 Å². The van der Waals surface area contributed by atoms with E-state index in [1.807, 2.05) is 27.7 Å². The Morgan fingerprint density at radius 1 is 0.967 bits per heavy atom. The van der Waals surface area contributed by atoms with Crippen molar-refractivity contribution in [2.45, 2.75) is 51.5 Å². The van der Waals surface area contributed by atoms with E-state index in [1.165, 1.54) is 12.1 Å². The summed E-state index contributed by atoms with van der Waals surface area (Å²) < 4.78 is 60.5. The SMILES string of the molecule is CC1(C)OB(c2ccc(O[C@H](N)c3ccc(Cl)cc3)c(OC(F)(F)F)c2)OC1(C)C. The number of halogens is 4. The molecule has 1 saturated heterocycles. The van der Waals surface area contributed by atoms with Gasteiger partial charge in [0, 0.05) is 10.6 Å². The van der Waals surface area contributed by atoms with E-state index in [-0.39, 0.29) is 5.75 Å². The zero-order chi connectivity index (χ0) is 22.3. The van der Waals surface area contributed by atoms with Gasteiger partial charge < -0.3 is 18.8 Å². The molecule has 0 aromatic heterocycles. The number of benzene rings is 2. The Labute approximate surface area is 178 Å². The zero-order valence-corrected chi connectivity index (χ0v) is 17.7. The summed E-state index contributed by atoms with van der Waals surface area (Å²) >= 11 is 5.84. The molecular formula is C20H22BClF3NO4. The largest absolute Gasteiger partial charge is 0.573 e. The molecule has 0 spiro atoms. The van der Waals surface area contributed by atoms with Crippen LogP contribution in [0.15, 0.2) is 42.5 Å². The smallest absolute Gasteiger partial charge is 0.467 e. The van der Waals surface area contributed by atoms with Crippen LogP contribution in [-0.2, 0) is 9.31 Å². The molecule has 10 heteroatoms. The van der Waals surface area contributed by atoms with Crippen molar-refractivity contribution in [2.24, 2.45) is 5.73 Å². The summed E-state index contributed by atoms with van der Waals surface area (Å²) in [5.74, 6) is -0.714. The highest BCUT2D eigenvalue weighted by Gasteiger charge is 2.52. The molecule has 1 fully saturated rings. The molecule has 0 unspecified atom stereocenters. The number of ether oxygens (including phenoxy) is 2. The van der Waals surface area contributed by atoms with Gasteiger partial charge in [0.15, 0.2) is 17.7 Å². The minimum Gasteiger partial charge on any atom is -0.467 e. The monoisotopic (exact) mass is 443 g/mol. The van der Waals surface area contributed by atoms with Crippen molar-refractivity contribution in [3.8, 4) is 11.5 Å². The first-order valence-electron chi connectivity index (χ1n) is 9.20. The summed E-state index contributed by atoms with van der Waals surface area (Å²) in [5, 5.41) is 0.499. The molecule has 1 atom stereocenters. The molecule has 0 saturated carbocycles. The molecular weight excluding hydrogens is 421 g/mol. The lowest BCUT2D eigenvalue weighted by atomic mass is 9.79. The van der Waals surface area contributed by atoms with Gasteiger partial charge >= 0.3 is 13.5 Å². The van der Waals surface area contributed by atoms with Gasteiger partial charge in [-0.25, -0.2) is 0 Å². The highest BCUT2D eigenvalue weighted by molar-refractivity contribution is 6.62. The maximum atomic E-state index is 13.0. The summed E-state index contributed by atoms with van der Waals surface area (Å²) in [6.07, 6.45) is -5.95. The van der Waals surface area contributed by atoms with Crippen LogP contribution in [0.1, 0.15) is 39.5 Å². The maximum Gasteiger partial charge on any atom is 0.573 e. The van der Waals surface area contributed by atoms with Crippen LogP contribution in [0, 0.1) is 0 Å². The van der Waals surface area contributed by atoms with Crippen LogP contribution < -0.4 is 20.7 Å². The number of hydrogen-bond acceptors (Lipinski definition) is 5. The van der Waals surface area contributed by atoms with Crippen LogP contribution in [-0.4, -0.2) is 24.7 Å². The van der Waals surface area contributed by atoms with E-state index in [9.17, 15) is 13.2 Å². The summed E-state index contributed by atoms with van der Waals surface area (Å²) in [7, 11) is -0.857. The van der Waals surface area contributed by atoms with Gasteiger partial charge in [0.1, 0.15) is 0 Å². The molecule has 0 radical (unpaired) electrons. The second kappa shape index (κ2) is 7.96. The fourth-order valence-corrected chi connectivity index (χ4v) is 2.94. The third kappa shape index (κ3) is 5.03. The first-order chi connectivity index (χ1) is 13.8. The first-order valence-corrected chi connectivity index (χ1v) is 9.58. The number of alkyl halides is 3. The quantitative estimate of drug-likeness (QED) is 0.542. The van der Waals surface area contributed by atoms with Crippen LogP contribution in [0.5, 0.6) is 11.5 Å². The molecule has 1 aliphatic rings. The van der Waals surface area contributed by atoms with E-state index < -0.39 is 36.7 Å². The lowest BCUT2D eigenvalue weighted by molar-refractivity contribution is -0.275. The molecule has 2 aromatic carbocycles. The Bertz CT molecular complexity index is 890. The Morgan fingerprint density at radius 2 is 1.53 bits per heavy atom. The fraction of sp³-hybridized carbons (Fsp3) is 0.400. The molecule has 1 aliphatic heterocycles. The lowest BCUT2D eigenvalue weighted by Crippen LogP contribution is -2.41. The second-order valence-corrected chi connectivity index (χ2v) is 8.37. The van der Waals surface area contributed by atoms with Gasteiger partial charge in [-0.05, 0) is 57.4 Å². The molecule has 5 nitrogen and oxygen atoms in total. The predicted molar refractivity (Wildman–Crippen MR) is 108 cm³/mol. The molecule has 3 rings (SSSR count). The molecule has 2 N–H and O–H groups in total. The number of rotatable bonds is 5. The van der Waals surface area contributed by atoms with Gasteiger partial charge in [-0.2, -0.15) is 0 Å². The third-order valence-corrected chi connectivity index (χ3v) is 5.42. The lowest BCUT2D eigenvalue weighted by Gasteiger charge is -2.32. The van der Waals surface area contributed by atoms with Gasteiger partial charge in [-0.15, -0.1) is 13.2 Å². The standard InChI is InChI=1S/C20H22BClF3NO4/c1-18(2)19(3,4)30-21(29-18)13-7-10-15(16(11-13)28-20(23,24)25)27-17(26)12-5-8-14(22)9-6-12/h5-11,17H,26H2,1-4H3/t17-/m0/s1. The summed E-state index contributed by atoms with van der Waals surface area (Å²) in [6.45, 7) is 7.40. The first kappa shape index (κ1) is 22.7. The molecule has 30 heavy (non-hydrogen) atoms. The van der Waals surface area contributed by atoms with Crippen LogP contribution in [0.2, 0.25) is 5.02 Å². The van der Waals surface area contributed by atoms with E-state index in [4.69, 9.17) is 31.4 Å². The van der Waals surface area contributed by atoms with Crippen LogP contribution in [0.4, 0.5) is 13.2 Å². The highest BCUT2D eigenvalue weighted by Crippen LogP contribution is 2.38. The minimum atomic E-state index is -4.92. The van der Waals surface area contributed by atoms with Crippen molar-refractivity contribution in [1.29, 1.82) is 0 Å². The van der Waals surface area contributed by atoms with E-state index in [0.717, 1.165) is 0 Å². The topological polar surface area (TPSA) is 62.9 Å². The van der Waals surface area contributed by atoms with Crippen molar-refractivity contribution in [1.82, 2.24) is 0 Å². The van der Waals surface area contributed by atoms with Gasteiger partial charge in [-0.3, -0.25) is 5.73 Å². The number of hydrogen-bond donors (Lipinski definition) is 1. The fourth-order valence-electron chi connectivity index (χ4n) is 2.81. The van der Waals surface area contributed by atoms with E-state index >= 15 is 0 Å². The van der Waals surface area contributed by atoms with Crippen LogP contribution in [0.3, 0.4) is 0 Å². The van der Waals surface area contributed by atoms with Crippen molar-refractivity contribution in [3.63, 3.8) is 0 Å². The maximum absolute atomic E-state index is 13.0. The van der Waals surface area contributed by atoms with Crippen molar-refractivity contribution < 1.29 is 32.0 Å². The Morgan fingerprint density at radius 3 is 2.07 bits per heavy atom. The molecule has 0 aliphatic carbocycles. The molecule has 0 bridgehead atoms. The van der Waals surface area contributed by atoms with Crippen LogP contribution in [0.25, 0.3) is 0 Å². The van der Waals surface area contributed by atoms with Crippen molar-refractivity contribution >= 4 is 24.2 Å². The predicted octanol–water partition coefficient (Wildman–Crippen LogP) is 4.57. The molecule has 162 valence electrons. The van der Waals surface area contributed by atoms with E-state index in [1.54, 1.807) is 30.3 Å². The van der Waals surface area contributed by atoms with Crippen LogP contribution >= 0.6 is 11.6 Å². The van der Waals surface area contributed by atoms with Gasteiger partial charge in [0.2, 0.25) is 0 Å². The minimum absolute atomic E-state index is 0.171. The zero-order valence-electron chi connectivity index (χ0n) is 16.9. The molecule has 1 heterocycles. The van der Waals surface area contributed by atoms with Gasteiger partial charge in [-0.1, -0.05) is 29.8 Å². The normalized spacial score (nSPS) is 18.9. The van der Waals surface area contributed by atoms with Gasteiger partial charge in [0.25, 0.3) is 0 Å². The Balaban J connectivity index is 1.89. The average Bonchev–Trinajstić information content (AvgIpc) is 2.83. The summed E-state index contributed by atoms with van der Waals surface area (Å²) in [5.41, 5.74) is 5.60. The highest BCUT2D eigenvalue weighted by atomic mass is 35.5. The van der Waals surface area contributed by atoms with Gasteiger partial charge in [0.05, 0.1) is 11.2 Å². The summed E-state index contributed by atoms with van der Waals surface area (Å²) in [6, 6.07) is 10.5. The Kier molecular flexibility index (Phi) is 6.03. The van der Waals surface area contributed by atoms with Crippen molar-refractivity contribution in [2.75, 3.05) is 0 Å². The second-order valence-electron chi connectivity index (χ2n) is 7.93. The number of nitrogens with two attached hydrogens (primary N) is 1. The van der Waals surface area contributed by atoms with E-state index in [2.05, 4.69) is 4.74 Å². The third-order valence-electron chi connectivity index (χ3n) is 5.17. The Hall–Kier alpha value is -1.94. The summed E-state index contributed by atoms with van der Waals surface area (Å²) in [4.78, 5) is 0. The average molecular weight is 444 g/mol. The molecule has 2 aromatic rings.